The Morgan fingerprint density at radius 3 is 2.50 bits per heavy atom. The molecule has 2 heterocycles. The average molecular weight is 252 g/mol. The Morgan fingerprint density at radius 1 is 1.00 bits per heavy atom. The summed E-state index contributed by atoms with van der Waals surface area (Å²) in [7, 11) is 0. The van der Waals surface area contributed by atoms with E-state index < -0.39 is 0 Å². The summed E-state index contributed by atoms with van der Waals surface area (Å²) in [6.45, 7) is 4.72. The van der Waals surface area contributed by atoms with Crippen molar-refractivity contribution in [3.8, 4) is 0 Å². The zero-order valence-electron chi connectivity index (χ0n) is 11.4. The van der Waals surface area contributed by atoms with Crippen molar-refractivity contribution in [1.29, 1.82) is 0 Å². The zero-order chi connectivity index (χ0) is 13.0. The number of carbonyl (C=O) groups is 2. The fourth-order valence-corrected chi connectivity index (χ4v) is 2.91. The second-order valence-corrected chi connectivity index (χ2v) is 5.52. The Labute approximate surface area is 109 Å². The molecule has 102 valence electrons. The van der Waals surface area contributed by atoms with E-state index in [2.05, 4.69) is 6.92 Å². The first-order valence-electron chi connectivity index (χ1n) is 7.26. The van der Waals surface area contributed by atoms with E-state index in [0.717, 1.165) is 45.3 Å². The third-order valence-electron chi connectivity index (χ3n) is 4.13. The van der Waals surface area contributed by atoms with Crippen LogP contribution in [-0.4, -0.2) is 47.3 Å². The van der Waals surface area contributed by atoms with Crippen LogP contribution in [-0.2, 0) is 9.59 Å². The quantitative estimate of drug-likeness (QED) is 0.765. The highest BCUT2D eigenvalue weighted by Gasteiger charge is 2.24. The molecule has 4 nitrogen and oxygen atoms in total. The standard InChI is InChI=1S/C14H24N2O2/c1-12(8-11-15-9-5-7-13(15)17)16-10-4-2-3-6-14(16)18/h12H,2-11H2,1H3. The van der Waals surface area contributed by atoms with Crippen molar-refractivity contribution in [3.63, 3.8) is 0 Å². The molecular formula is C14H24N2O2. The van der Waals surface area contributed by atoms with Crippen molar-refractivity contribution in [3.05, 3.63) is 0 Å². The van der Waals surface area contributed by atoms with Gasteiger partial charge in [0.1, 0.15) is 0 Å². The van der Waals surface area contributed by atoms with Crippen molar-refractivity contribution in [2.24, 2.45) is 0 Å². The van der Waals surface area contributed by atoms with Gasteiger partial charge in [0.2, 0.25) is 11.8 Å². The van der Waals surface area contributed by atoms with Crippen LogP contribution in [0.5, 0.6) is 0 Å². The first-order valence-corrected chi connectivity index (χ1v) is 7.26. The third kappa shape index (κ3) is 3.24. The van der Waals surface area contributed by atoms with Crippen LogP contribution in [0.25, 0.3) is 0 Å². The summed E-state index contributed by atoms with van der Waals surface area (Å²) < 4.78 is 0. The van der Waals surface area contributed by atoms with Gasteiger partial charge in [0.25, 0.3) is 0 Å². The Balaban J connectivity index is 1.80. The summed E-state index contributed by atoms with van der Waals surface area (Å²) in [5, 5.41) is 0. The van der Waals surface area contributed by atoms with E-state index in [4.69, 9.17) is 0 Å². The summed E-state index contributed by atoms with van der Waals surface area (Å²) in [6.07, 6.45) is 6.64. The van der Waals surface area contributed by atoms with Gasteiger partial charge in [-0.3, -0.25) is 9.59 Å². The maximum atomic E-state index is 12.0. The van der Waals surface area contributed by atoms with Crippen LogP contribution in [0.3, 0.4) is 0 Å². The lowest BCUT2D eigenvalue weighted by Gasteiger charge is -2.29. The van der Waals surface area contributed by atoms with Gasteiger partial charge in [-0.15, -0.1) is 0 Å². The van der Waals surface area contributed by atoms with Crippen molar-refractivity contribution < 1.29 is 9.59 Å². The maximum Gasteiger partial charge on any atom is 0.222 e. The van der Waals surface area contributed by atoms with Crippen LogP contribution in [0.15, 0.2) is 0 Å². The Hall–Kier alpha value is -1.06. The SMILES string of the molecule is CC(CCN1CCCC1=O)N1CCCCCC1=O. The molecule has 0 saturated carbocycles. The second kappa shape index (κ2) is 6.21. The fraction of sp³-hybridized carbons (Fsp3) is 0.857. The van der Waals surface area contributed by atoms with E-state index in [-0.39, 0.29) is 11.9 Å². The van der Waals surface area contributed by atoms with Crippen LogP contribution in [0.2, 0.25) is 0 Å². The minimum absolute atomic E-state index is 0.268. The van der Waals surface area contributed by atoms with Gasteiger partial charge in [-0.1, -0.05) is 6.42 Å². The number of nitrogens with zero attached hydrogens (tertiary/aromatic N) is 2. The van der Waals surface area contributed by atoms with Crippen LogP contribution in [0.4, 0.5) is 0 Å². The number of likely N-dealkylation sites (tertiary alicyclic amines) is 2. The van der Waals surface area contributed by atoms with Gasteiger partial charge in [-0.25, -0.2) is 0 Å². The molecule has 0 aliphatic carbocycles. The molecule has 0 spiro atoms. The monoisotopic (exact) mass is 252 g/mol. The first kappa shape index (κ1) is 13.4. The van der Waals surface area contributed by atoms with E-state index >= 15 is 0 Å². The largest absolute Gasteiger partial charge is 0.343 e. The van der Waals surface area contributed by atoms with E-state index in [1.54, 1.807) is 0 Å². The number of amides is 2. The predicted molar refractivity (Wildman–Crippen MR) is 70.1 cm³/mol. The summed E-state index contributed by atoms with van der Waals surface area (Å²) >= 11 is 0. The molecule has 2 amide bonds. The maximum absolute atomic E-state index is 12.0. The van der Waals surface area contributed by atoms with Crippen LogP contribution < -0.4 is 0 Å². The van der Waals surface area contributed by atoms with Gasteiger partial charge >= 0.3 is 0 Å². The molecule has 0 N–H and O–H groups in total. The molecule has 2 saturated heterocycles. The molecule has 1 atom stereocenters. The number of hydrogen-bond donors (Lipinski definition) is 0. The normalized spacial score (nSPS) is 23.4. The molecule has 4 heteroatoms. The highest BCUT2D eigenvalue weighted by Crippen LogP contribution is 2.17. The Morgan fingerprint density at radius 2 is 1.78 bits per heavy atom. The van der Waals surface area contributed by atoms with Crippen molar-refractivity contribution in [2.75, 3.05) is 19.6 Å². The molecule has 2 aliphatic heterocycles. The van der Waals surface area contributed by atoms with Crippen molar-refractivity contribution >= 4 is 11.8 Å². The molecule has 2 aliphatic rings. The topological polar surface area (TPSA) is 40.6 Å². The fourth-order valence-electron chi connectivity index (χ4n) is 2.91. The highest BCUT2D eigenvalue weighted by atomic mass is 16.2. The van der Waals surface area contributed by atoms with Crippen LogP contribution in [0.1, 0.15) is 51.9 Å². The lowest BCUT2D eigenvalue weighted by atomic mass is 10.2. The lowest BCUT2D eigenvalue weighted by Crippen LogP contribution is -2.40. The Bertz CT molecular complexity index is 317. The van der Waals surface area contributed by atoms with Gasteiger partial charge in [0, 0.05) is 38.5 Å². The molecule has 0 radical (unpaired) electrons. The first-order chi connectivity index (χ1) is 8.68. The van der Waals surface area contributed by atoms with Gasteiger partial charge in [-0.05, 0) is 32.6 Å². The molecule has 0 bridgehead atoms. The molecule has 2 rings (SSSR count). The summed E-state index contributed by atoms with van der Waals surface area (Å²) in [5.41, 5.74) is 0. The van der Waals surface area contributed by atoms with E-state index in [9.17, 15) is 9.59 Å². The predicted octanol–water partition coefficient (Wildman–Crippen LogP) is 1.79. The molecule has 1 unspecified atom stereocenters. The minimum Gasteiger partial charge on any atom is -0.343 e. The lowest BCUT2D eigenvalue weighted by molar-refractivity contribution is -0.132. The molecule has 0 aromatic rings. The van der Waals surface area contributed by atoms with E-state index in [1.165, 1.54) is 6.42 Å². The molecule has 2 fully saturated rings. The zero-order valence-corrected chi connectivity index (χ0v) is 11.4. The molecule has 0 aromatic carbocycles. The molecule has 0 aromatic heterocycles. The molecule has 18 heavy (non-hydrogen) atoms. The van der Waals surface area contributed by atoms with Crippen LogP contribution >= 0.6 is 0 Å². The number of hydrogen-bond acceptors (Lipinski definition) is 2. The number of carbonyl (C=O) groups excluding carboxylic acids is 2. The van der Waals surface area contributed by atoms with Gasteiger partial charge < -0.3 is 9.80 Å². The smallest absolute Gasteiger partial charge is 0.222 e. The molecular weight excluding hydrogens is 228 g/mol. The van der Waals surface area contributed by atoms with Gasteiger partial charge in [0.05, 0.1) is 0 Å². The van der Waals surface area contributed by atoms with Crippen molar-refractivity contribution in [2.45, 2.75) is 57.9 Å². The summed E-state index contributed by atoms with van der Waals surface area (Å²) in [6, 6.07) is 0.268. The minimum atomic E-state index is 0.268. The third-order valence-corrected chi connectivity index (χ3v) is 4.13. The van der Waals surface area contributed by atoms with Crippen LogP contribution in [0, 0.1) is 0 Å². The second-order valence-electron chi connectivity index (χ2n) is 5.52. The van der Waals surface area contributed by atoms with E-state index in [0.29, 0.717) is 18.7 Å². The Kier molecular flexibility index (Phi) is 4.61. The summed E-state index contributed by atoms with van der Waals surface area (Å²) in [5.74, 6) is 0.581. The number of rotatable bonds is 4. The average Bonchev–Trinajstić information content (AvgIpc) is 2.63. The van der Waals surface area contributed by atoms with Crippen molar-refractivity contribution in [1.82, 2.24) is 9.80 Å². The van der Waals surface area contributed by atoms with E-state index in [1.807, 2.05) is 9.80 Å². The summed E-state index contributed by atoms with van der Waals surface area (Å²) in [4.78, 5) is 27.5. The van der Waals surface area contributed by atoms with Gasteiger partial charge in [0.15, 0.2) is 0 Å². The van der Waals surface area contributed by atoms with Gasteiger partial charge in [-0.2, -0.15) is 0 Å². The highest BCUT2D eigenvalue weighted by molar-refractivity contribution is 5.78.